The van der Waals surface area contributed by atoms with Crippen molar-refractivity contribution in [2.45, 2.75) is 226 Å². The normalized spacial score (nSPS) is 13.6. The van der Waals surface area contributed by atoms with Crippen LogP contribution in [0.1, 0.15) is 226 Å². The standard InChI is InChI=1S/C46H92NO2P/c1-8-10-12-14-16-18-20-22-24-26-28-30-32-35-44(3)43-45(39-42-50(7,49-6)41-34-40-47(4)5)37-38-46(48)36-33-31-29-27-25-23-21-19-17-15-13-11-9-2/h45H,3,7-43H2,1-2,4-6H3. The second kappa shape index (κ2) is 37.0. The summed E-state index contributed by atoms with van der Waals surface area (Å²) in [6, 6.07) is 0. The fourth-order valence-electron chi connectivity index (χ4n) is 7.47. The summed E-state index contributed by atoms with van der Waals surface area (Å²) in [7, 11) is 4.52. The topological polar surface area (TPSA) is 29.5 Å². The third-order valence-electron chi connectivity index (χ3n) is 11.1. The van der Waals surface area contributed by atoms with Gasteiger partial charge < -0.3 is 9.42 Å². The van der Waals surface area contributed by atoms with Gasteiger partial charge in [-0.1, -0.05) is 186 Å². The fourth-order valence-corrected chi connectivity index (χ4v) is 9.61. The summed E-state index contributed by atoms with van der Waals surface area (Å²) >= 11 is 0. The Morgan fingerprint density at radius 2 is 0.960 bits per heavy atom. The van der Waals surface area contributed by atoms with Crippen molar-refractivity contribution in [1.29, 1.82) is 0 Å². The van der Waals surface area contributed by atoms with Gasteiger partial charge in [-0.25, -0.2) is 0 Å². The molecule has 0 rings (SSSR count). The highest BCUT2D eigenvalue weighted by molar-refractivity contribution is 7.69. The third kappa shape index (κ3) is 34.7. The molecule has 0 fully saturated rings. The van der Waals surface area contributed by atoms with Gasteiger partial charge >= 0.3 is 0 Å². The molecule has 0 spiro atoms. The van der Waals surface area contributed by atoms with Gasteiger partial charge in [0.25, 0.3) is 0 Å². The van der Waals surface area contributed by atoms with Crippen LogP contribution in [0.3, 0.4) is 0 Å². The Kier molecular flexibility index (Phi) is 36.7. The van der Waals surface area contributed by atoms with Crippen molar-refractivity contribution in [2.24, 2.45) is 5.92 Å². The molecule has 0 aliphatic heterocycles. The van der Waals surface area contributed by atoms with Crippen molar-refractivity contribution in [3.8, 4) is 0 Å². The number of nitrogens with zero attached hydrogens (tertiary/aromatic N) is 1. The Hall–Kier alpha value is -0.370. The first kappa shape index (κ1) is 49.6. The van der Waals surface area contributed by atoms with Crippen LogP contribution in [-0.4, -0.2) is 57.1 Å². The third-order valence-corrected chi connectivity index (χ3v) is 14.1. The number of hydrogen-bond donors (Lipinski definition) is 0. The van der Waals surface area contributed by atoms with E-state index in [-0.39, 0.29) is 0 Å². The minimum absolute atomic E-state index is 0.480. The maximum Gasteiger partial charge on any atom is 0.132 e. The first-order valence-corrected chi connectivity index (χ1v) is 24.6. The molecule has 0 aromatic heterocycles. The number of Topliss-reactive ketones (excluding diaryl/α,β-unsaturated/α-hetero) is 1. The molecule has 0 saturated heterocycles. The second-order valence-electron chi connectivity index (χ2n) is 16.5. The summed E-state index contributed by atoms with van der Waals surface area (Å²) in [5.74, 6) is 1.01. The van der Waals surface area contributed by atoms with Gasteiger partial charge in [-0.15, -0.1) is 0 Å². The Labute approximate surface area is 316 Å². The predicted octanol–water partition coefficient (Wildman–Crippen LogP) is 15.2. The zero-order valence-electron chi connectivity index (χ0n) is 35.2. The Balaban J connectivity index is 4.40. The molecule has 0 amide bonds. The number of ketones is 1. The van der Waals surface area contributed by atoms with Gasteiger partial charge in [-0.3, -0.25) is 4.79 Å². The summed E-state index contributed by atoms with van der Waals surface area (Å²) in [4.78, 5) is 15.2. The van der Waals surface area contributed by atoms with Crippen LogP contribution in [-0.2, 0) is 9.32 Å². The molecule has 0 aliphatic carbocycles. The molecular weight excluding hydrogens is 629 g/mol. The lowest BCUT2D eigenvalue weighted by Crippen LogP contribution is -2.15. The molecule has 0 bridgehead atoms. The molecule has 298 valence electrons. The minimum atomic E-state index is -1.64. The highest BCUT2D eigenvalue weighted by Crippen LogP contribution is 2.48. The average molecular weight is 722 g/mol. The molecule has 4 heteroatoms. The van der Waals surface area contributed by atoms with E-state index in [0.29, 0.717) is 11.7 Å². The Morgan fingerprint density at radius 3 is 1.36 bits per heavy atom. The van der Waals surface area contributed by atoms with Crippen LogP contribution in [0.2, 0.25) is 0 Å². The number of rotatable bonds is 41. The van der Waals surface area contributed by atoms with Crippen LogP contribution in [0.5, 0.6) is 0 Å². The average Bonchev–Trinajstić information content (AvgIpc) is 3.09. The molecule has 2 unspecified atom stereocenters. The first-order valence-electron chi connectivity index (χ1n) is 22.4. The summed E-state index contributed by atoms with van der Waals surface area (Å²) in [6.45, 7) is 10.2. The van der Waals surface area contributed by atoms with Gasteiger partial charge in [-0.05, 0) is 83.8 Å². The van der Waals surface area contributed by atoms with E-state index in [1.807, 2.05) is 7.11 Å². The molecule has 0 aromatic carbocycles. The van der Waals surface area contributed by atoms with Crippen molar-refractivity contribution in [1.82, 2.24) is 4.90 Å². The molecular formula is C46H92NO2P. The fraction of sp³-hybridized carbons (Fsp3) is 0.913. The first-order chi connectivity index (χ1) is 24.3. The number of hydrogen-bond acceptors (Lipinski definition) is 3. The summed E-state index contributed by atoms with van der Waals surface area (Å²) in [6.07, 6.45) is 49.5. The molecule has 0 N–H and O–H groups in total. The summed E-state index contributed by atoms with van der Waals surface area (Å²) in [5, 5.41) is 0. The van der Waals surface area contributed by atoms with E-state index in [0.717, 1.165) is 70.2 Å². The second-order valence-corrected chi connectivity index (χ2v) is 19.9. The molecule has 0 aliphatic rings. The largest absolute Gasteiger partial charge is 0.365 e. The zero-order chi connectivity index (χ0) is 37.0. The Morgan fingerprint density at radius 1 is 0.560 bits per heavy atom. The lowest BCUT2D eigenvalue weighted by atomic mass is 9.89. The number of allylic oxidation sites excluding steroid dienone is 1. The van der Waals surface area contributed by atoms with Crippen molar-refractivity contribution >= 4 is 19.2 Å². The predicted molar refractivity (Wildman–Crippen MR) is 231 cm³/mol. The van der Waals surface area contributed by atoms with Crippen LogP contribution in [0.4, 0.5) is 0 Å². The Bertz CT molecular complexity index is 793. The van der Waals surface area contributed by atoms with Crippen LogP contribution < -0.4 is 0 Å². The maximum absolute atomic E-state index is 12.9. The van der Waals surface area contributed by atoms with Gasteiger partial charge in [0.05, 0.1) is 0 Å². The van der Waals surface area contributed by atoms with Crippen LogP contribution in [0.25, 0.3) is 0 Å². The van der Waals surface area contributed by atoms with Crippen molar-refractivity contribution in [3.63, 3.8) is 0 Å². The minimum Gasteiger partial charge on any atom is -0.365 e. The lowest BCUT2D eigenvalue weighted by Gasteiger charge is -2.26. The molecule has 3 nitrogen and oxygen atoms in total. The molecule has 2 atom stereocenters. The van der Waals surface area contributed by atoms with E-state index >= 15 is 0 Å². The van der Waals surface area contributed by atoms with Gasteiger partial charge in [-0.2, -0.15) is 0 Å². The maximum atomic E-state index is 12.9. The van der Waals surface area contributed by atoms with Gasteiger partial charge in [0.1, 0.15) is 5.78 Å². The highest BCUT2D eigenvalue weighted by Gasteiger charge is 2.19. The van der Waals surface area contributed by atoms with E-state index in [4.69, 9.17) is 4.52 Å². The van der Waals surface area contributed by atoms with Crippen LogP contribution in [0, 0.1) is 5.92 Å². The molecule has 0 heterocycles. The smallest absolute Gasteiger partial charge is 0.132 e. The number of unbranched alkanes of at least 4 members (excludes halogenated alkanes) is 24. The summed E-state index contributed by atoms with van der Waals surface area (Å²) < 4.78 is 6.08. The molecule has 0 aromatic rings. The van der Waals surface area contributed by atoms with Gasteiger partial charge in [0.15, 0.2) is 0 Å². The van der Waals surface area contributed by atoms with Crippen LogP contribution in [0.15, 0.2) is 12.2 Å². The van der Waals surface area contributed by atoms with E-state index in [2.05, 4.69) is 45.7 Å². The van der Waals surface area contributed by atoms with Crippen molar-refractivity contribution < 1.29 is 9.32 Å². The van der Waals surface area contributed by atoms with E-state index in [1.54, 1.807) is 0 Å². The quantitative estimate of drug-likeness (QED) is 0.0358. The van der Waals surface area contributed by atoms with Crippen molar-refractivity contribution in [3.05, 3.63) is 12.2 Å². The van der Waals surface area contributed by atoms with Gasteiger partial charge in [0.2, 0.25) is 0 Å². The zero-order valence-corrected chi connectivity index (χ0v) is 36.1. The number of carbonyl (C=O) groups is 1. The van der Waals surface area contributed by atoms with E-state index in [1.165, 1.54) is 166 Å². The molecule has 0 saturated carbocycles. The molecule has 0 radical (unpaired) electrons. The highest BCUT2D eigenvalue weighted by atomic mass is 31.2. The lowest BCUT2D eigenvalue weighted by molar-refractivity contribution is -0.119. The SMILES string of the molecule is C=C(CCCCCCCCCCCCCCC)CC(CCC(=O)CCCCCCCCCCCCCCC)CCP(=C)(CCCN(C)C)OC. The van der Waals surface area contributed by atoms with Crippen LogP contribution >= 0.6 is 7.11 Å². The molecule has 50 heavy (non-hydrogen) atoms. The monoisotopic (exact) mass is 722 g/mol. The number of carbonyl (C=O) groups excluding carboxylic acids is 1. The summed E-state index contributed by atoms with van der Waals surface area (Å²) in [5.41, 5.74) is 1.40. The van der Waals surface area contributed by atoms with E-state index < -0.39 is 7.11 Å². The van der Waals surface area contributed by atoms with Crippen molar-refractivity contribution in [2.75, 3.05) is 40.1 Å². The van der Waals surface area contributed by atoms with Gasteiger partial charge in [0, 0.05) is 27.1 Å². The van der Waals surface area contributed by atoms with E-state index in [9.17, 15) is 4.79 Å².